The molecule has 0 spiro atoms. The van der Waals surface area contributed by atoms with Gasteiger partial charge in [-0.1, -0.05) is 41.6 Å². The lowest BCUT2D eigenvalue weighted by atomic mass is 10.1. The molecule has 0 bridgehead atoms. The number of fused-ring (bicyclic) bond motifs is 2. The standard InChI is InChI=1S/C22H23Cl2N5O4S/c1-11(30)34-10-15-16-17(33-22(2,3)32-16)20(31-15)29-19-13(9-26-29)18(27-21(24)28-19)25-8-12-6-4-5-7-14(12)23/h4-7,9,15-17,20H,8,10H2,1-3H3,(H,25,27,28)/t15-,16-,17-,20-/m1/s1. The molecule has 2 aromatic heterocycles. The van der Waals surface area contributed by atoms with Crippen molar-refractivity contribution in [3.63, 3.8) is 0 Å². The van der Waals surface area contributed by atoms with Crippen LogP contribution >= 0.6 is 35.0 Å². The number of anilines is 1. The van der Waals surface area contributed by atoms with Gasteiger partial charge in [-0.3, -0.25) is 4.79 Å². The summed E-state index contributed by atoms with van der Waals surface area (Å²) in [6.07, 6.45) is -0.0631. The van der Waals surface area contributed by atoms with Crippen LogP contribution in [0.5, 0.6) is 0 Å². The molecule has 12 heteroatoms. The molecule has 2 aliphatic heterocycles. The fourth-order valence-corrected chi connectivity index (χ4v) is 5.26. The zero-order chi connectivity index (χ0) is 24.0. The molecule has 0 amide bonds. The number of carbonyl (C=O) groups is 1. The van der Waals surface area contributed by atoms with E-state index in [1.807, 2.05) is 38.1 Å². The average Bonchev–Trinajstić information content (AvgIpc) is 3.42. The summed E-state index contributed by atoms with van der Waals surface area (Å²) < 4.78 is 20.2. The molecule has 0 radical (unpaired) electrons. The summed E-state index contributed by atoms with van der Waals surface area (Å²) in [5.41, 5.74) is 1.42. The number of hydrogen-bond acceptors (Lipinski definition) is 9. The molecule has 2 saturated heterocycles. The van der Waals surface area contributed by atoms with Gasteiger partial charge in [-0.15, -0.1) is 0 Å². The Labute approximate surface area is 210 Å². The first kappa shape index (κ1) is 23.8. The van der Waals surface area contributed by atoms with Gasteiger partial charge in [0.1, 0.15) is 18.0 Å². The Hall–Kier alpha value is -1.95. The highest BCUT2D eigenvalue weighted by molar-refractivity contribution is 8.13. The number of aromatic nitrogens is 4. The first-order valence-electron chi connectivity index (χ1n) is 10.7. The number of thioether (sulfide) groups is 1. The number of halogens is 2. The first-order valence-corrected chi connectivity index (χ1v) is 12.5. The van der Waals surface area contributed by atoms with Crippen LogP contribution in [0.1, 0.15) is 32.6 Å². The molecule has 2 aliphatic rings. The van der Waals surface area contributed by atoms with Gasteiger partial charge in [0.05, 0.1) is 17.7 Å². The average molecular weight is 524 g/mol. The van der Waals surface area contributed by atoms with Gasteiger partial charge < -0.3 is 19.5 Å². The van der Waals surface area contributed by atoms with Gasteiger partial charge >= 0.3 is 0 Å². The van der Waals surface area contributed by atoms with Gasteiger partial charge in [-0.2, -0.15) is 15.1 Å². The third kappa shape index (κ3) is 4.62. The molecule has 4 heterocycles. The number of ether oxygens (including phenoxy) is 3. The van der Waals surface area contributed by atoms with Crippen LogP contribution in [-0.4, -0.2) is 54.7 Å². The van der Waals surface area contributed by atoms with Crippen LogP contribution in [-0.2, 0) is 25.5 Å². The summed E-state index contributed by atoms with van der Waals surface area (Å²) in [5.74, 6) is 0.197. The summed E-state index contributed by atoms with van der Waals surface area (Å²) >= 11 is 13.8. The van der Waals surface area contributed by atoms with Crippen LogP contribution in [0.25, 0.3) is 11.0 Å². The zero-order valence-electron chi connectivity index (χ0n) is 18.7. The molecule has 0 unspecified atom stereocenters. The summed E-state index contributed by atoms with van der Waals surface area (Å²) in [6.45, 7) is 5.69. The van der Waals surface area contributed by atoms with Crippen molar-refractivity contribution in [3.05, 3.63) is 46.3 Å². The van der Waals surface area contributed by atoms with E-state index in [0.29, 0.717) is 34.2 Å². The predicted octanol–water partition coefficient (Wildman–Crippen LogP) is 4.44. The van der Waals surface area contributed by atoms with E-state index in [1.165, 1.54) is 18.7 Å². The fourth-order valence-electron chi connectivity index (χ4n) is 4.23. The zero-order valence-corrected chi connectivity index (χ0v) is 21.0. The Morgan fingerprint density at radius 2 is 1.97 bits per heavy atom. The lowest BCUT2D eigenvalue weighted by molar-refractivity contribution is -0.195. The quantitative estimate of drug-likeness (QED) is 0.469. The smallest absolute Gasteiger partial charge is 0.226 e. The molecule has 2 fully saturated rings. The molecule has 0 aliphatic carbocycles. The third-order valence-corrected chi connectivity index (χ3v) is 7.09. The summed E-state index contributed by atoms with van der Waals surface area (Å²) in [4.78, 5) is 20.3. The second-order valence-electron chi connectivity index (χ2n) is 8.55. The van der Waals surface area contributed by atoms with Crippen molar-refractivity contribution < 1.29 is 19.0 Å². The number of benzene rings is 1. The van der Waals surface area contributed by atoms with Crippen molar-refractivity contribution in [2.45, 2.75) is 57.6 Å². The van der Waals surface area contributed by atoms with Gasteiger partial charge in [0.2, 0.25) is 5.28 Å². The highest BCUT2D eigenvalue weighted by Gasteiger charge is 2.56. The Morgan fingerprint density at radius 1 is 1.21 bits per heavy atom. The fraction of sp³-hybridized carbons (Fsp3) is 0.455. The highest BCUT2D eigenvalue weighted by atomic mass is 35.5. The van der Waals surface area contributed by atoms with E-state index in [4.69, 9.17) is 37.4 Å². The van der Waals surface area contributed by atoms with Gasteiger partial charge in [-0.25, -0.2) is 4.68 Å². The monoisotopic (exact) mass is 523 g/mol. The SMILES string of the molecule is CC(=O)SC[C@H]1O[C@@H](n2ncc3c(NCc4ccccc4Cl)nc(Cl)nc32)[C@@H]2OC(C)(C)O[C@@H]21. The van der Waals surface area contributed by atoms with Crippen molar-refractivity contribution in [2.24, 2.45) is 0 Å². The largest absolute Gasteiger partial charge is 0.365 e. The predicted molar refractivity (Wildman–Crippen MR) is 130 cm³/mol. The molecular weight excluding hydrogens is 501 g/mol. The van der Waals surface area contributed by atoms with Crippen LogP contribution in [0.2, 0.25) is 10.3 Å². The number of nitrogens with one attached hydrogen (secondary N) is 1. The Balaban J connectivity index is 1.45. The Bertz CT molecular complexity index is 1240. The molecule has 180 valence electrons. The van der Waals surface area contributed by atoms with Crippen molar-refractivity contribution in [3.8, 4) is 0 Å². The Morgan fingerprint density at radius 3 is 2.74 bits per heavy atom. The summed E-state index contributed by atoms with van der Waals surface area (Å²) in [6, 6.07) is 7.56. The molecule has 1 aromatic carbocycles. The van der Waals surface area contributed by atoms with Crippen LogP contribution in [0.3, 0.4) is 0 Å². The Kier molecular flexibility index (Phi) is 6.47. The van der Waals surface area contributed by atoms with Gasteiger partial charge in [-0.05, 0) is 37.1 Å². The molecule has 9 nitrogen and oxygen atoms in total. The lowest BCUT2D eigenvalue weighted by Gasteiger charge is -2.24. The minimum atomic E-state index is -0.784. The summed E-state index contributed by atoms with van der Waals surface area (Å²) in [5, 5.41) is 9.24. The van der Waals surface area contributed by atoms with Gasteiger partial charge in [0, 0.05) is 24.2 Å². The van der Waals surface area contributed by atoms with Gasteiger partial charge in [0.25, 0.3) is 0 Å². The van der Waals surface area contributed by atoms with E-state index in [1.54, 1.807) is 10.9 Å². The number of nitrogens with zero attached hydrogens (tertiary/aromatic N) is 4. The molecule has 4 atom stereocenters. The van der Waals surface area contributed by atoms with Crippen LogP contribution in [0, 0.1) is 0 Å². The summed E-state index contributed by atoms with van der Waals surface area (Å²) in [7, 11) is 0. The maximum Gasteiger partial charge on any atom is 0.226 e. The second-order valence-corrected chi connectivity index (χ2v) is 10.5. The number of rotatable bonds is 6. The molecule has 1 N–H and O–H groups in total. The molecule has 0 saturated carbocycles. The minimum absolute atomic E-state index is 0.0140. The minimum Gasteiger partial charge on any atom is -0.365 e. The molecule has 3 aromatic rings. The van der Waals surface area contributed by atoms with Crippen LogP contribution < -0.4 is 5.32 Å². The second kappa shape index (κ2) is 9.25. The maximum atomic E-state index is 11.5. The van der Waals surface area contributed by atoms with E-state index in [0.717, 1.165) is 5.56 Å². The van der Waals surface area contributed by atoms with E-state index in [9.17, 15) is 4.79 Å². The van der Waals surface area contributed by atoms with Crippen molar-refractivity contribution >= 4 is 56.9 Å². The van der Waals surface area contributed by atoms with Crippen molar-refractivity contribution in [2.75, 3.05) is 11.1 Å². The van der Waals surface area contributed by atoms with Crippen molar-refractivity contribution in [1.82, 2.24) is 19.7 Å². The third-order valence-electron chi connectivity index (χ3n) is 5.65. The molecule has 5 rings (SSSR count). The van der Waals surface area contributed by atoms with E-state index >= 15 is 0 Å². The number of hydrogen-bond donors (Lipinski definition) is 1. The highest BCUT2D eigenvalue weighted by Crippen LogP contribution is 2.44. The van der Waals surface area contributed by atoms with Crippen LogP contribution in [0.15, 0.2) is 30.5 Å². The van der Waals surface area contributed by atoms with Gasteiger partial charge in [0.15, 0.2) is 22.8 Å². The first-order chi connectivity index (χ1) is 16.2. The van der Waals surface area contributed by atoms with E-state index < -0.39 is 18.1 Å². The normalized spacial score (nSPS) is 25.6. The molecular formula is C22H23Cl2N5O4S. The van der Waals surface area contributed by atoms with Crippen molar-refractivity contribution in [1.29, 1.82) is 0 Å². The van der Waals surface area contributed by atoms with Crippen LogP contribution in [0.4, 0.5) is 5.82 Å². The lowest BCUT2D eigenvalue weighted by Crippen LogP contribution is -2.31. The molecule has 34 heavy (non-hydrogen) atoms. The maximum absolute atomic E-state index is 11.5. The topological polar surface area (TPSA) is 100 Å². The van der Waals surface area contributed by atoms with E-state index in [2.05, 4.69) is 20.4 Å². The number of carbonyl (C=O) groups excluding carboxylic acids is 1. The van der Waals surface area contributed by atoms with E-state index in [-0.39, 0.29) is 22.6 Å².